The number of aromatic nitrogens is 1. The lowest BCUT2D eigenvalue weighted by atomic mass is 9.95. The number of benzene rings is 4. The molecule has 4 heteroatoms. The number of hydrogen-bond acceptors (Lipinski definition) is 1. The average molecular weight is 409 g/mol. The highest BCUT2D eigenvalue weighted by atomic mass is 19.1. The molecule has 150 valence electrons. The molecule has 0 saturated carbocycles. The minimum atomic E-state index is -0.332. The Kier molecular flexibility index (Phi) is 4.68. The van der Waals surface area contributed by atoms with Crippen LogP contribution in [0.2, 0.25) is 0 Å². The third-order valence-electron chi connectivity index (χ3n) is 5.36. The van der Waals surface area contributed by atoms with Gasteiger partial charge in [0.2, 0.25) is 0 Å². The monoisotopic (exact) mass is 409 g/mol. The van der Waals surface area contributed by atoms with Crippen molar-refractivity contribution in [2.45, 2.75) is 0 Å². The van der Waals surface area contributed by atoms with Gasteiger partial charge in [-0.15, -0.1) is 0 Å². The molecular weight excluding hydrogens is 392 g/mol. The third-order valence-corrected chi connectivity index (χ3v) is 5.36. The van der Waals surface area contributed by atoms with Crippen molar-refractivity contribution in [2.75, 3.05) is 0 Å². The van der Waals surface area contributed by atoms with E-state index in [1.54, 1.807) is 30.3 Å². The summed E-state index contributed by atoms with van der Waals surface area (Å²) >= 11 is 0. The van der Waals surface area contributed by atoms with Gasteiger partial charge in [0, 0.05) is 22.7 Å². The van der Waals surface area contributed by atoms with Crippen molar-refractivity contribution in [1.82, 2.24) is 4.98 Å². The molecule has 1 heterocycles. The average Bonchev–Trinajstić information content (AvgIpc) is 2.80. The summed E-state index contributed by atoms with van der Waals surface area (Å²) in [6.07, 6.45) is 0. The first kappa shape index (κ1) is 18.9. The first-order valence-corrected chi connectivity index (χ1v) is 9.87. The Hall–Kier alpha value is -4.05. The summed E-state index contributed by atoms with van der Waals surface area (Å²) in [4.78, 5) is 16.5. The van der Waals surface area contributed by atoms with Gasteiger partial charge in [-0.3, -0.25) is 4.79 Å². The van der Waals surface area contributed by atoms with E-state index >= 15 is 0 Å². The molecule has 0 spiro atoms. The summed E-state index contributed by atoms with van der Waals surface area (Å²) in [5, 5.41) is 0.515. The Morgan fingerprint density at radius 2 is 1.19 bits per heavy atom. The molecule has 0 aliphatic heterocycles. The second-order valence-corrected chi connectivity index (χ2v) is 7.37. The van der Waals surface area contributed by atoms with Crippen LogP contribution in [0.15, 0.2) is 102 Å². The topological polar surface area (TPSA) is 32.9 Å². The molecule has 2 nitrogen and oxygen atoms in total. The van der Waals surface area contributed by atoms with E-state index in [1.165, 1.54) is 24.3 Å². The summed E-state index contributed by atoms with van der Waals surface area (Å²) in [6, 6.07) is 27.2. The molecule has 0 saturated heterocycles. The van der Waals surface area contributed by atoms with Crippen LogP contribution in [0.1, 0.15) is 0 Å². The molecule has 4 aromatic carbocycles. The number of H-pyrrole nitrogens is 1. The summed E-state index contributed by atoms with van der Waals surface area (Å²) < 4.78 is 27.0. The molecule has 0 atom stereocenters. The minimum absolute atomic E-state index is 0.125. The Bertz CT molecular complexity index is 1440. The SMILES string of the molecule is O=c1cc(-c2ccccc2)[nH]c2c(-c3ccc(F)cc3)cc(-c3ccc(F)cc3)cc12. The normalized spacial score (nSPS) is 11.0. The first-order valence-electron chi connectivity index (χ1n) is 9.87. The van der Waals surface area contributed by atoms with Crippen LogP contribution in [-0.4, -0.2) is 4.98 Å². The molecule has 0 bridgehead atoms. The van der Waals surface area contributed by atoms with E-state index < -0.39 is 0 Å². The van der Waals surface area contributed by atoms with Gasteiger partial charge in [-0.05, 0) is 58.7 Å². The number of pyridine rings is 1. The number of aromatic amines is 1. The lowest BCUT2D eigenvalue weighted by Gasteiger charge is -2.13. The zero-order chi connectivity index (χ0) is 21.4. The van der Waals surface area contributed by atoms with Gasteiger partial charge in [-0.2, -0.15) is 0 Å². The van der Waals surface area contributed by atoms with E-state index in [-0.39, 0.29) is 17.1 Å². The van der Waals surface area contributed by atoms with Crippen molar-refractivity contribution in [3.63, 3.8) is 0 Å². The van der Waals surface area contributed by atoms with Crippen molar-refractivity contribution in [3.05, 3.63) is 119 Å². The van der Waals surface area contributed by atoms with Crippen LogP contribution >= 0.6 is 0 Å². The van der Waals surface area contributed by atoms with Crippen LogP contribution in [0.4, 0.5) is 8.78 Å². The minimum Gasteiger partial charge on any atom is -0.354 e. The van der Waals surface area contributed by atoms with Gasteiger partial charge in [0.15, 0.2) is 5.43 Å². The molecule has 0 aliphatic carbocycles. The standard InChI is InChI=1S/C27H17F2NO/c28-21-10-6-17(7-11-21)20-14-23(18-8-12-22(29)13-9-18)27-24(15-20)26(31)16-25(30-27)19-4-2-1-3-5-19/h1-16H,(H,30,31). The van der Waals surface area contributed by atoms with E-state index in [2.05, 4.69) is 4.98 Å². The molecule has 0 radical (unpaired) electrons. The number of hydrogen-bond donors (Lipinski definition) is 1. The van der Waals surface area contributed by atoms with Crippen LogP contribution in [0.5, 0.6) is 0 Å². The molecule has 0 unspecified atom stereocenters. The van der Waals surface area contributed by atoms with Crippen molar-refractivity contribution in [2.24, 2.45) is 0 Å². The number of nitrogens with one attached hydrogen (secondary N) is 1. The maximum Gasteiger partial charge on any atom is 0.190 e. The quantitative estimate of drug-likeness (QED) is 0.349. The van der Waals surface area contributed by atoms with Crippen LogP contribution in [-0.2, 0) is 0 Å². The second-order valence-electron chi connectivity index (χ2n) is 7.37. The van der Waals surface area contributed by atoms with E-state index in [0.717, 1.165) is 27.8 Å². The van der Waals surface area contributed by atoms with Gasteiger partial charge in [-0.25, -0.2) is 8.78 Å². The molecular formula is C27H17F2NO. The Morgan fingerprint density at radius 3 is 1.84 bits per heavy atom. The van der Waals surface area contributed by atoms with Gasteiger partial charge in [-0.1, -0.05) is 54.6 Å². The van der Waals surface area contributed by atoms with Gasteiger partial charge >= 0.3 is 0 Å². The zero-order valence-corrected chi connectivity index (χ0v) is 16.4. The maximum atomic E-state index is 13.6. The smallest absolute Gasteiger partial charge is 0.190 e. The summed E-state index contributed by atoms with van der Waals surface area (Å²) in [5.41, 5.74) is 5.26. The molecule has 1 N–H and O–H groups in total. The van der Waals surface area contributed by atoms with Gasteiger partial charge in [0.05, 0.1) is 5.52 Å². The van der Waals surface area contributed by atoms with Crippen LogP contribution < -0.4 is 5.43 Å². The van der Waals surface area contributed by atoms with Crippen molar-refractivity contribution >= 4 is 10.9 Å². The molecule has 1 aromatic heterocycles. The highest BCUT2D eigenvalue weighted by Crippen LogP contribution is 2.33. The highest BCUT2D eigenvalue weighted by molar-refractivity contribution is 5.98. The van der Waals surface area contributed by atoms with Gasteiger partial charge in [0.1, 0.15) is 11.6 Å². The van der Waals surface area contributed by atoms with E-state index in [9.17, 15) is 13.6 Å². The largest absolute Gasteiger partial charge is 0.354 e. The second kappa shape index (κ2) is 7.65. The summed E-state index contributed by atoms with van der Waals surface area (Å²) in [6.45, 7) is 0. The van der Waals surface area contributed by atoms with E-state index in [0.29, 0.717) is 16.6 Å². The van der Waals surface area contributed by atoms with Crippen LogP contribution in [0.3, 0.4) is 0 Å². The van der Waals surface area contributed by atoms with E-state index in [4.69, 9.17) is 0 Å². The molecule has 0 fully saturated rings. The molecule has 0 amide bonds. The fraction of sp³-hybridized carbons (Fsp3) is 0. The lowest BCUT2D eigenvalue weighted by molar-refractivity contribution is 0.627. The number of halogens is 2. The molecule has 0 aliphatic rings. The van der Waals surface area contributed by atoms with Crippen molar-refractivity contribution in [3.8, 4) is 33.5 Å². The fourth-order valence-electron chi connectivity index (χ4n) is 3.79. The summed E-state index contributed by atoms with van der Waals surface area (Å²) in [7, 11) is 0. The van der Waals surface area contributed by atoms with Crippen molar-refractivity contribution in [1.29, 1.82) is 0 Å². The predicted octanol–water partition coefficient (Wildman–Crippen LogP) is 6.81. The van der Waals surface area contributed by atoms with Gasteiger partial charge < -0.3 is 4.98 Å². The molecule has 5 aromatic rings. The van der Waals surface area contributed by atoms with Gasteiger partial charge in [0.25, 0.3) is 0 Å². The predicted molar refractivity (Wildman–Crippen MR) is 121 cm³/mol. The Morgan fingerprint density at radius 1 is 0.581 bits per heavy atom. The van der Waals surface area contributed by atoms with Crippen LogP contribution in [0.25, 0.3) is 44.4 Å². The Labute approximate surface area is 177 Å². The fourth-order valence-corrected chi connectivity index (χ4v) is 3.79. The number of rotatable bonds is 3. The van der Waals surface area contributed by atoms with E-state index in [1.807, 2.05) is 42.5 Å². The van der Waals surface area contributed by atoms with Crippen molar-refractivity contribution < 1.29 is 8.78 Å². The first-order chi connectivity index (χ1) is 15.1. The summed E-state index contributed by atoms with van der Waals surface area (Å²) in [5.74, 6) is -0.658. The zero-order valence-electron chi connectivity index (χ0n) is 16.4. The third kappa shape index (κ3) is 3.64. The molecule has 31 heavy (non-hydrogen) atoms. The highest BCUT2D eigenvalue weighted by Gasteiger charge is 2.13. The number of fused-ring (bicyclic) bond motifs is 1. The maximum absolute atomic E-state index is 13.6. The van der Waals surface area contributed by atoms with Crippen LogP contribution in [0, 0.1) is 11.6 Å². The lowest BCUT2D eigenvalue weighted by Crippen LogP contribution is -2.04. The molecule has 5 rings (SSSR count). The Balaban J connectivity index is 1.81.